The first-order chi connectivity index (χ1) is 8.38. The Balaban J connectivity index is 2.87. The van der Waals surface area contributed by atoms with E-state index < -0.39 is 5.82 Å². The normalized spacial score (nSPS) is 12.8. The summed E-state index contributed by atoms with van der Waals surface area (Å²) in [6.45, 7) is 6.78. The van der Waals surface area contributed by atoms with Gasteiger partial charge in [-0.1, -0.05) is 12.1 Å². The fourth-order valence-corrected chi connectivity index (χ4v) is 1.42. The van der Waals surface area contributed by atoms with Crippen LogP contribution in [0.2, 0.25) is 0 Å². The largest absolute Gasteiger partial charge is 0.409 e. The Kier molecular flexibility index (Phi) is 4.67. The molecule has 100 valence electrons. The second kappa shape index (κ2) is 5.82. The van der Waals surface area contributed by atoms with Crippen LogP contribution >= 0.6 is 0 Å². The highest BCUT2D eigenvalue weighted by Crippen LogP contribution is 2.12. The van der Waals surface area contributed by atoms with Crippen molar-refractivity contribution in [3.05, 3.63) is 35.1 Å². The molecule has 0 radical (unpaired) electrons. The van der Waals surface area contributed by atoms with Crippen molar-refractivity contribution in [2.45, 2.75) is 39.3 Å². The van der Waals surface area contributed by atoms with Crippen LogP contribution in [0.15, 0.2) is 23.4 Å². The number of nitrogens with one attached hydrogen (secondary N) is 1. The predicted octanol–water partition coefficient (Wildman–Crippen LogP) is 2.20. The van der Waals surface area contributed by atoms with Gasteiger partial charge >= 0.3 is 0 Å². The van der Waals surface area contributed by atoms with Crippen LogP contribution in [-0.4, -0.2) is 16.6 Å². The van der Waals surface area contributed by atoms with Crippen LogP contribution in [-0.2, 0) is 6.54 Å². The van der Waals surface area contributed by atoms with Gasteiger partial charge in [0.25, 0.3) is 0 Å². The number of rotatable bonds is 5. The summed E-state index contributed by atoms with van der Waals surface area (Å²) in [5.41, 5.74) is 6.58. The van der Waals surface area contributed by atoms with Crippen LogP contribution < -0.4 is 11.1 Å². The van der Waals surface area contributed by atoms with Crippen LogP contribution in [0.4, 0.5) is 4.39 Å². The molecule has 0 aromatic heterocycles. The molecular formula is C13H20FN3O. The third-order valence-electron chi connectivity index (χ3n) is 3.02. The van der Waals surface area contributed by atoms with Crippen molar-refractivity contribution < 1.29 is 9.60 Å². The molecule has 18 heavy (non-hydrogen) atoms. The summed E-state index contributed by atoms with van der Waals surface area (Å²) in [6.07, 6.45) is 0.968. The Morgan fingerprint density at radius 3 is 2.67 bits per heavy atom. The van der Waals surface area contributed by atoms with E-state index >= 15 is 0 Å². The standard InChI is InChI=1S/C13H20FN3O/c1-4-13(2,3)16-8-9-5-10(12(15)17-18)7-11(14)6-9/h5-7,16,18H,4,8H2,1-3H3,(H2,15,17). The smallest absolute Gasteiger partial charge is 0.170 e. The molecule has 1 aromatic rings. The predicted molar refractivity (Wildman–Crippen MR) is 70.1 cm³/mol. The van der Waals surface area contributed by atoms with Crippen LogP contribution in [0.1, 0.15) is 38.3 Å². The van der Waals surface area contributed by atoms with Crippen molar-refractivity contribution >= 4 is 5.84 Å². The molecule has 1 rings (SSSR count). The van der Waals surface area contributed by atoms with E-state index in [4.69, 9.17) is 10.9 Å². The lowest BCUT2D eigenvalue weighted by molar-refractivity contribution is 0.318. The van der Waals surface area contributed by atoms with E-state index in [9.17, 15) is 4.39 Å². The lowest BCUT2D eigenvalue weighted by Gasteiger charge is -2.24. The molecule has 4 N–H and O–H groups in total. The van der Waals surface area contributed by atoms with Gasteiger partial charge in [0.15, 0.2) is 5.84 Å². The lowest BCUT2D eigenvalue weighted by Crippen LogP contribution is -2.37. The molecule has 0 aliphatic heterocycles. The summed E-state index contributed by atoms with van der Waals surface area (Å²) in [4.78, 5) is 0. The Labute approximate surface area is 107 Å². The van der Waals surface area contributed by atoms with E-state index in [-0.39, 0.29) is 11.4 Å². The molecule has 0 unspecified atom stereocenters. The van der Waals surface area contributed by atoms with Gasteiger partial charge < -0.3 is 16.3 Å². The maximum absolute atomic E-state index is 13.4. The zero-order valence-corrected chi connectivity index (χ0v) is 11.0. The summed E-state index contributed by atoms with van der Waals surface area (Å²) in [6, 6.07) is 4.38. The number of halogens is 1. The molecule has 0 aliphatic carbocycles. The Morgan fingerprint density at radius 2 is 2.11 bits per heavy atom. The maximum atomic E-state index is 13.4. The molecule has 1 aromatic carbocycles. The first kappa shape index (κ1) is 14.4. The average Bonchev–Trinajstić information content (AvgIpc) is 2.35. The van der Waals surface area contributed by atoms with Gasteiger partial charge in [0.2, 0.25) is 0 Å². The average molecular weight is 253 g/mol. The fourth-order valence-electron chi connectivity index (χ4n) is 1.42. The third kappa shape index (κ3) is 4.00. The molecule has 5 heteroatoms. The molecule has 0 spiro atoms. The summed E-state index contributed by atoms with van der Waals surface area (Å²) in [7, 11) is 0. The quantitative estimate of drug-likeness (QED) is 0.326. The van der Waals surface area contributed by atoms with Crippen LogP contribution in [0.25, 0.3) is 0 Å². The minimum Gasteiger partial charge on any atom is -0.409 e. The van der Waals surface area contributed by atoms with E-state index in [1.54, 1.807) is 6.07 Å². The maximum Gasteiger partial charge on any atom is 0.170 e. The van der Waals surface area contributed by atoms with Gasteiger partial charge in [-0.05, 0) is 44.0 Å². The molecule has 0 saturated carbocycles. The third-order valence-corrected chi connectivity index (χ3v) is 3.02. The molecule has 0 aliphatic rings. The van der Waals surface area contributed by atoms with E-state index in [2.05, 4.69) is 31.2 Å². The first-order valence-electron chi connectivity index (χ1n) is 5.90. The van der Waals surface area contributed by atoms with Crippen molar-refractivity contribution in [1.29, 1.82) is 0 Å². The number of amidine groups is 1. The highest BCUT2D eigenvalue weighted by molar-refractivity contribution is 5.97. The topological polar surface area (TPSA) is 70.6 Å². The highest BCUT2D eigenvalue weighted by atomic mass is 19.1. The number of nitrogens with zero attached hydrogens (tertiary/aromatic N) is 1. The number of nitrogens with two attached hydrogens (primary N) is 1. The van der Waals surface area contributed by atoms with Crippen LogP contribution in [0.5, 0.6) is 0 Å². The van der Waals surface area contributed by atoms with Gasteiger partial charge in [-0.2, -0.15) is 0 Å². The van der Waals surface area contributed by atoms with Crippen molar-refractivity contribution in [2.24, 2.45) is 10.9 Å². The molecule has 0 saturated heterocycles. The highest BCUT2D eigenvalue weighted by Gasteiger charge is 2.14. The van der Waals surface area contributed by atoms with Gasteiger partial charge in [-0.25, -0.2) is 4.39 Å². The van der Waals surface area contributed by atoms with Gasteiger partial charge in [-0.3, -0.25) is 0 Å². The molecule has 4 nitrogen and oxygen atoms in total. The number of hydrogen-bond donors (Lipinski definition) is 3. The zero-order chi connectivity index (χ0) is 13.8. The van der Waals surface area contributed by atoms with Crippen LogP contribution in [0, 0.1) is 5.82 Å². The van der Waals surface area contributed by atoms with E-state index in [1.807, 2.05) is 0 Å². The van der Waals surface area contributed by atoms with Crippen molar-refractivity contribution in [2.75, 3.05) is 0 Å². The van der Waals surface area contributed by atoms with Gasteiger partial charge in [-0.15, -0.1) is 0 Å². The summed E-state index contributed by atoms with van der Waals surface area (Å²) >= 11 is 0. The van der Waals surface area contributed by atoms with E-state index in [0.29, 0.717) is 12.1 Å². The van der Waals surface area contributed by atoms with Crippen molar-refractivity contribution in [3.8, 4) is 0 Å². The second-order valence-electron chi connectivity index (χ2n) is 4.92. The molecular weight excluding hydrogens is 233 g/mol. The number of benzene rings is 1. The van der Waals surface area contributed by atoms with Gasteiger partial charge in [0.1, 0.15) is 5.82 Å². The summed E-state index contributed by atoms with van der Waals surface area (Å²) < 4.78 is 13.4. The Hall–Kier alpha value is -1.62. The van der Waals surface area contributed by atoms with Crippen molar-refractivity contribution in [1.82, 2.24) is 5.32 Å². The summed E-state index contributed by atoms with van der Waals surface area (Å²) in [5.74, 6) is -0.490. The second-order valence-corrected chi connectivity index (χ2v) is 4.92. The lowest BCUT2D eigenvalue weighted by atomic mass is 10.0. The fraction of sp³-hybridized carbons (Fsp3) is 0.462. The van der Waals surface area contributed by atoms with Gasteiger partial charge in [0, 0.05) is 17.6 Å². The number of oxime groups is 1. The molecule has 0 atom stereocenters. The molecule has 0 heterocycles. The molecule has 0 bridgehead atoms. The van der Waals surface area contributed by atoms with E-state index in [1.165, 1.54) is 12.1 Å². The van der Waals surface area contributed by atoms with Crippen LogP contribution in [0.3, 0.4) is 0 Å². The first-order valence-corrected chi connectivity index (χ1v) is 5.90. The summed E-state index contributed by atoms with van der Waals surface area (Å²) in [5, 5.41) is 14.8. The van der Waals surface area contributed by atoms with Crippen molar-refractivity contribution in [3.63, 3.8) is 0 Å². The Morgan fingerprint density at radius 1 is 1.44 bits per heavy atom. The van der Waals surface area contributed by atoms with E-state index in [0.717, 1.165) is 12.0 Å². The SMILES string of the molecule is CCC(C)(C)NCc1cc(F)cc(/C(N)=N/O)c1. The molecule has 0 fully saturated rings. The van der Waals surface area contributed by atoms with Gasteiger partial charge in [0.05, 0.1) is 0 Å². The Bertz CT molecular complexity index is 444. The minimum atomic E-state index is -0.398. The number of hydrogen-bond acceptors (Lipinski definition) is 3. The minimum absolute atomic E-state index is 0.0108. The molecule has 0 amide bonds. The monoisotopic (exact) mass is 253 g/mol. The zero-order valence-electron chi connectivity index (χ0n) is 11.0.